The summed E-state index contributed by atoms with van der Waals surface area (Å²) >= 11 is 5.91. The van der Waals surface area contributed by atoms with Crippen LogP contribution in [0.1, 0.15) is 23.2 Å². The molecule has 1 saturated carbocycles. The van der Waals surface area contributed by atoms with E-state index < -0.39 is 5.97 Å². The molecule has 1 aromatic heterocycles. The number of hydrogen-bond acceptors (Lipinski definition) is 4. The summed E-state index contributed by atoms with van der Waals surface area (Å²) < 4.78 is 0. The lowest BCUT2D eigenvalue weighted by molar-refractivity contribution is 0.0486. The Kier molecular flexibility index (Phi) is 3.49. The molecular weight excluding hydrogens is 244 g/mol. The van der Waals surface area contributed by atoms with Crippen molar-refractivity contribution in [3.63, 3.8) is 0 Å². The van der Waals surface area contributed by atoms with Crippen molar-refractivity contribution < 1.29 is 15.0 Å². The minimum atomic E-state index is -1.05. The van der Waals surface area contributed by atoms with E-state index >= 15 is 0 Å². The number of carboxylic acid groups (broad SMARTS) is 1. The van der Waals surface area contributed by atoms with E-state index in [2.05, 4.69) is 10.3 Å². The van der Waals surface area contributed by atoms with Crippen LogP contribution in [0.15, 0.2) is 12.3 Å². The molecule has 2 rings (SSSR count). The zero-order valence-electron chi connectivity index (χ0n) is 9.06. The Hall–Kier alpha value is -1.33. The summed E-state index contributed by atoms with van der Waals surface area (Å²) in [4.78, 5) is 14.6. The van der Waals surface area contributed by atoms with Crippen LogP contribution in [0, 0.1) is 5.92 Å². The number of hydrogen-bond donors (Lipinski definition) is 3. The average Bonchev–Trinajstić information content (AvgIpc) is 2.24. The minimum Gasteiger partial charge on any atom is -0.478 e. The van der Waals surface area contributed by atoms with Crippen molar-refractivity contribution in [1.82, 2.24) is 4.98 Å². The van der Waals surface area contributed by atoms with Crippen molar-refractivity contribution in [2.75, 3.05) is 11.9 Å². The molecule has 1 fully saturated rings. The molecule has 1 aliphatic carbocycles. The summed E-state index contributed by atoms with van der Waals surface area (Å²) in [6, 6.07) is 1.37. The van der Waals surface area contributed by atoms with Gasteiger partial charge in [-0.25, -0.2) is 9.78 Å². The number of carboxylic acids is 1. The van der Waals surface area contributed by atoms with Gasteiger partial charge >= 0.3 is 5.97 Å². The number of aliphatic hydroxyl groups excluding tert-OH is 1. The summed E-state index contributed by atoms with van der Waals surface area (Å²) in [7, 11) is 0. The van der Waals surface area contributed by atoms with Gasteiger partial charge in [0, 0.05) is 12.7 Å². The van der Waals surface area contributed by atoms with Gasteiger partial charge in [0.25, 0.3) is 0 Å². The van der Waals surface area contributed by atoms with Gasteiger partial charge in [0.1, 0.15) is 5.82 Å². The molecule has 0 aromatic carbocycles. The van der Waals surface area contributed by atoms with E-state index in [1.54, 1.807) is 0 Å². The predicted molar refractivity (Wildman–Crippen MR) is 63.4 cm³/mol. The van der Waals surface area contributed by atoms with Crippen LogP contribution in [0.4, 0.5) is 5.82 Å². The quantitative estimate of drug-likeness (QED) is 0.763. The Morgan fingerprint density at radius 3 is 2.82 bits per heavy atom. The number of aromatic carboxylic acids is 1. The molecule has 1 aromatic rings. The van der Waals surface area contributed by atoms with Crippen molar-refractivity contribution >= 4 is 23.4 Å². The summed E-state index contributed by atoms with van der Waals surface area (Å²) in [5.41, 5.74) is 0.0691. The number of aromatic nitrogens is 1. The first-order valence-electron chi connectivity index (χ1n) is 5.37. The molecule has 0 bridgehead atoms. The maximum Gasteiger partial charge on any atom is 0.337 e. The number of rotatable bonds is 4. The standard InChI is InChI=1S/C11H13ClN2O3/c12-9-3-7(11(16)17)5-14-10(9)13-4-6-1-8(15)2-6/h3,5-6,8,15H,1-2,4H2,(H,13,14)(H,16,17). The molecule has 17 heavy (non-hydrogen) atoms. The molecule has 0 aliphatic heterocycles. The van der Waals surface area contributed by atoms with Crippen molar-refractivity contribution in [3.05, 3.63) is 22.8 Å². The number of nitrogens with one attached hydrogen (secondary N) is 1. The number of halogens is 1. The Morgan fingerprint density at radius 2 is 2.29 bits per heavy atom. The van der Waals surface area contributed by atoms with Crippen molar-refractivity contribution in [2.45, 2.75) is 18.9 Å². The second-order valence-electron chi connectivity index (χ2n) is 4.23. The van der Waals surface area contributed by atoms with Crippen LogP contribution < -0.4 is 5.32 Å². The second kappa shape index (κ2) is 4.89. The number of nitrogens with zero attached hydrogens (tertiary/aromatic N) is 1. The Morgan fingerprint density at radius 1 is 1.59 bits per heavy atom. The second-order valence-corrected chi connectivity index (χ2v) is 4.64. The SMILES string of the molecule is O=C(O)c1cnc(NCC2CC(O)C2)c(Cl)c1. The monoisotopic (exact) mass is 256 g/mol. The molecule has 1 aliphatic rings. The third kappa shape index (κ3) is 2.87. The molecule has 92 valence electrons. The Bertz CT molecular complexity index is 433. The Balaban J connectivity index is 1.94. The lowest BCUT2D eigenvalue weighted by atomic mass is 9.82. The summed E-state index contributed by atoms with van der Waals surface area (Å²) in [6.07, 6.45) is 2.67. The highest BCUT2D eigenvalue weighted by Gasteiger charge is 2.26. The van der Waals surface area contributed by atoms with E-state index in [1.807, 2.05) is 0 Å². The van der Waals surface area contributed by atoms with Gasteiger partial charge < -0.3 is 15.5 Å². The van der Waals surface area contributed by atoms with E-state index in [0.717, 1.165) is 12.8 Å². The highest BCUT2D eigenvalue weighted by atomic mass is 35.5. The van der Waals surface area contributed by atoms with Crippen LogP contribution in [0.2, 0.25) is 5.02 Å². The smallest absolute Gasteiger partial charge is 0.337 e. The van der Waals surface area contributed by atoms with Crippen LogP contribution >= 0.6 is 11.6 Å². The normalized spacial score (nSPS) is 22.9. The van der Waals surface area contributed by atoms with Crippen LogP contribution in [0.3, 0.4) is 0 Å². The number of anilines is 1. The maximum atomic E-state index is 10.7. The fourth-order valence-corrected chi connectivity index (χ4v) is 2.03. The molecule has 6 heteroatoms. The van der Waals surface area contributed by atoms with Gasteiger partial charge in [-0.3, -0.25) is 0 Å². The number of pyridine rings is 1. The molecule has 0 unspecified atom stereocenters. The summed E-state index contributed by atoms with van der Waals surface area (Å²) in [6.45, 7) is 0.691. The molecular formula is C11H13ClN2O3. The first-order chi connectivity index (χ1) is 8.06. The fraction of sp³-hybridized carbons (Fsp3) is 0.455. The maximum absolute atomic E-state index is 10.7. The number of aliphatic hydroxyl groups is 1. The van der Waals surface area contributed by atoms with Gasteiger partial charge in [-0.05, 0) is 24.8 Å². The lowest BCUT2D eigenvalue weighted by Crippen LogP contribution is -2.33. The van der Waals surface area contributed by atoms with Crippen LogP contribution in [-0.2, 0) is 0 Å². The van der Waals surface area contributed by atoms with Crippen LogP contribution in [0.5, 0.6) is 0 Å². The zero-order valence-corrected chi connectivity index (χ0v) is 9.81. The first-order valence-corrected chi connectivity index (χ1v) is 5.75. The van der Waals surface area contributed by atoms with Gasteiger partial charge in [0.05, 0.1) is 16.7 Å². The van der Waals surface area contributed by atoms with Gasteiger partial charge in [-0.15, -0.1) is 0 Å². The fourth-order valence-electron chi connectivity index (χ4n) is 1.79. The molecule has 5 nitrogen and oxygen atoms in total. The predicted octanol–water partition coefficient (Wildman–Crippen LogP) is 1.62. The highest BCUT2D eigenvalue weighted by molar-refractivity contribution is 6.33. The minimum absolute atomic E-state index is 0.0691. The lowest BCUT2D eigenvalue weighted by Gasteiger charge is -2.31. The molecule has 0 saturated heterocycles. The molecule has 1 heterocycles. The highest BCUT2D eigenvalue weighted by Crippen LogP contribution is 2.28. The first kappa shape index (κ1) is 12.1. The van der Waals surface area contributed by atoms with E-state index in [0.29, 0.717) is 23.3 Å². The van der Waals surface area contributed by atoms with E-state index in [-0.39, 0.29) is 11.7 Å². The Labute approximate surface area is 103 Å². The van der Waals surface area contributed by atoms with Gasteiger partial charge in [-0.2, -0.15) is 0 Å². The average molecular weight is 257 g/mol. The van der Waals surface area contributed by atoms with Crippen molar-refractivity contribution in [1.29, 1.82) is 0 Å². The molecule has 0 radical (unpaired) electrons. The van der Waals surface area contributed by atoms with Gasteiger partial charge in [0.2, 0.25) is 0 Å². The molecule has 0 atom stereocenters. The van der Waals surface area contributed by atoms with E-state index in [1.165, 1.54) is 12.3 Å². The zero-order chi connectivity index (χ0) is 12.4. The largest absolute Gasteiger partial charge is 0.478 e. The molecule has 3 N–H and O–H groups in total. The number of carbonyl (C=O) groups is 1. The topological polar surface area (TPSA) is 82.5 Å². The van der Waals surface area contributed by atoms with Gasteiger partial charge in [-0.1, -0.05) is 11.6 Å². The third-order valence-corrected chi connectivity index (χ3v) is 3.15. The van der Waals surface area contributed by atoms with E-state index in [9.17, 15) is 4.79 Å². The van der Waals surface area contributed by atoms with Crippen LogP contribution in [-0.4, -0.2) is 33.8 Å². The van der Waals surface area contributed by atoms with Crippen molar-refractivity contribution in [3.8, 4) is 0 Å². The third-order valence-electron chi connectivity index (χ3n) is 2.86. The van der Waals surface area contributed by atoms with E-state index in [4.69, 9.17) is 21.8 Å². The van der Waals surface area contributed by atoms with Crippen LogP contribution in [0.25, 0.3) is 0 Å². The molecule has 0 spiro atoms. The van der Waals surface area contributed by atoms with Crippen molar-refractivity contribution in [2.24, 2.45) is 5.92 Å². The summed E-state index contributed by atoms with van der Waals surface area (Å²) in [5.74, 6) is -0.131. The molecule has 0 amide bonds. The van der Waals surface area contributed by atoms with Gasteiger partial charge in [0.15, 0.2) is 0 Å². The summed E-state index contributed by atoms with van der Waals surface area (Å²) in [5, 5.41) is 21.2.